The van der Waals surface area contributed by atoms with E-state index in [1.54, 1.807) is 6.07 Å². The molecule has 1 aliphatic rings. The zero-order chi connectivity index (χ0) is 15.1. The molecule has 114 valence electrons. The highest BCUT2D eigenvalue weighted by Gasteiger charge is 2.33. The number of hydrogen-bond acceptors (Lipinski definition) is 6. The lowest BCUT2D eigenvalue weighted by Gasteiger charge is -2.37. The van der Waals surface area contributed by atoms with Gasteiger partial charge in [0, 0.05) is 12.1 Å². The molecule has 0 spiro atoms. The van der Waals surface area contributed by atoms with Crippen molar-refractivity contribution in [1.29, 1.82) is 0 Å². The van der Waals surface area contributed by atoms with Gasteiger partial charge in [-0.15, -0.1) is 0 Å². The minimum absolute atomic E-state index is 0.107. The van der Waals surface area contributed by atoms with Gasteiger partial charge in [0.05, 0.1) is 17.3 Å². The second-order valence-electron chi connectivity index (χ2n) is 5.55. The van der Waals surface area contributed by atoms with Gasteiger partial charge in [-0.25, -0.2) is 18.1 Å². The molecule has 0 radical (unpaired) electrons. The van der Waals surface area contributed by atoms with Crippen molar-refractivity contribution in [3.63, 3.8) is 0 Å². The van der Waals surface area contributed by atoms with Crippen LogP contribution in [-0.2, 0) is 16.4 Å². The van der Waals surface area contributed by atoms with Crippen LogP contribution in [0.25, 0.3) is 11.1 Å². The molecule has 0 atom stereocenters. The van der Waals surface area contributed by atoms with Crippen molar-refractivity contribution in [2.24, 2.45) is 5.73 Å². The summed E-state index contributed by atoms with van der Waals surface area (Å²) < 4.78 is 32.3. The van der Waals surface area contributed by atoms with Crippen molar-refractivity contribution in [2.45, 2.75) is 43.0 Å². The van der Waals surface area contributed by atoms with E-state index in [0.29, 0.717) is 23.2 Å². The van der Waals surface area contributed by atoms with Gasteiger partial charge in [0.1, 0.15) is 4.90 Å². The first-order chi connectivity index (χ1) is 9.93. The van der Waals surface area contributed by atoms with Crippen molar-refractivity contribution in [3.05, 3.63) is 18.0 Å². The van der Waals surface area contributed by atoms with Gasteiger partial charge >= 0.3 is 0 Å². The molecule has 2 heterocycles. The van der Waals surface area contributed by atoms with Gasteiger partial charge < -0.3 is 10.3 Å². The summed E-state index contributed by atoms with van der Waals surface area (Å²) in [6.07, 6.45) is 4.67. The Morgan fingerprint density at radius 2 is 2.24 bits per heavy atom. The number of nitrogens with one attached hydrogen (secondary N) is 1. The Kier molecular flexibility index (Phi) is 3.46. The SMILES string of the molecule is CCc1noc2ncc(S(=O)(=O)NCC3(N)CCC3)cc12. The average molecular weight is 310 g/mol. The van der Waals surface area contributed by atoms with E-state index in [1.807, 2.05) is 6.92 Å². The van der Waals surface area contributed by atoms with Crippen LogP contribution in [0.5, 0.6) is 0 Å². The van der Waals surface area contributed by atoms with Gasteiger partial charge in [0.2, 0.25) is 10.0 Å². The Labute approximate surface area is 122 Å². The van der Waals surface area contributed by atoms with Crippen LogP contribution < -0.4 is 10.5 Å². The fourth-order valence-electron chi connectivity index (χ4n) is 2.39. The summed E-state index contributed by atoms with van der Waals surface area (Å²) >= 11 is 0. The quantitative estimate of drug-likeness (QED) is 0.850. The van der Waals surface area contributed by atoms with Crippen LogP contribution >= 0.6 is 0 Å². The van der Waals surface area contributed by atoms with E-state index in [0.717, 1.165) is 19.3 Å². The van der Waals surface area contributed by atoms with Gasteiger partial charge in [-0.3, -0.25) is 0 Å². The second kappa shape index (κ2) is 5.04. The van der Waals surface area contributed by atoms with Gasteiger partial charge in [-0.05, 0) is 31.7 Å². The molecule has 0 bridgehead atoms. The Hall–Kier alpha value is -1.51. The maximum Gasteiger partial charge on any atom is 0.258 e. The molecular formula is C13H18N4O3S. The minimum Gasteiger partial charge on any atom is -0.336 e. The third-order valence-electron chi connectivity index (χ3n) is 3.99. The van der Waals surface area contributed by atoms with E-state index in [1.165, 1.54) is 6.20 Å². The molecule has 1 saturated carbocycles. The molecular weight excluding hydrogens is 292 g/mol. The fraction of sp³-hybridized carbons (Fsp3) is 0.538. The summed E-state index contributed by atoms with van der Waals surface area (Å²) in [5.41, 5.74) is 6.68. The number of nitrogens with two attached hydrogens (primary N) is 1. The van der Waals surface area contributed by atoms with Crippen molar-refractivity contribution in [3.8, 4) is 0 Å². The summed E-state index contributed by atoms with van der Waals surface area (Å²) in [7, 11) is -3.63. The van der Waals surface area contributed by atoms with E-state index < -0.39 is 15.6 Å². The molecule has 2 aromatic heterocycles. The Morgan fingerprint density at radius 1 is 1.48 bits per heavy atom. The summed E-state index contributed by atoms with van der Waals surface area (Å²) in [5, 5.41) is 4.50. The molecule has 1 fully saturated rings. The fourth-order valence-corrected chi connectivity index (χ4v) is 3.50. The van der Waals surface area contributed by atoms with E-state index in [-0.39, 0.29) is 11.4 Å². The van der Waals surface area contributed by atoms with Gasteiger partial charge in [-0.1, -0.05) is 12.1 Å². The molecule has 21 heavy (non-hydrogen) atoms. The van der Waals surface area contributed by atoms with E-state index in [9.17, 15) is 8.42 Å². The van der Waals surface area contributed by atoms with Gasteiger partial charge in [0.25, 0.3) is 5.71 Å². The molecule has 1 aliphatic carbocycles. The zero-order valence-corrected chi connectivity index (χ0v) is 12.6. The predicted molar refractivity (Wildman–Crippen MR) is 77.1 cm³/mol. The number of sulfonamides is 1. The Balaban J connectivity index is 1.87. The van der Waals surface area contributed by atoms with Crippen LogP contribution in [0.4, 0.5) is 0 Å². The highest BCUT2D eigenvalue weighted by Crippen LogP contribution is 2.28. The molecule has 0 aliphatic heterocycles. The number of hydrogen-bond donors (Lipinski definition) is 2. The lowest BCUT2D eigenvalue weighted by atomic mass is 9.78. The number of fused-ring (bicyclic) bond motifs is 1. The monoisotopic (exact) mass is 310 g/mol. The van der Waals surface area contributed by atoms with Crippen molar-refractivity contribution >= 4 is 21.1 Å². The molecule has 7 nitrogen and oxygen atoms in total. The van der Waals surface area contributed by atoms with E-state index in [2.05, 4.69) is 14.9 Å². The van der Waals surface area contributed by atoms with Crippen LogP contribution in [0.2, 0.25) is 0 Å². The minimum atomic E-state index is -3.63. The van der Waals surface area contributed by atoms with Crippen LogP contribution in [-0.4, -0.2) is 30.6 Å². The van der Waals surface area contributed by atoms with Gasteiger partial charge in [0.15, 0.2) is 0 Å². The van der Waals surface area contributed by atoms with E-state index >= 15 is 0 Å². The van der Waals surface area contributed by atoms with Crippen LogP contribution in [0, 0.1) is 0 Å². The molecule has 8 heteroatoms. The average Bonchev–Trinajstić information content (AvgIpc) is 2.85. The smallest absolute Gasteiger partial charge is 0.258 e. The largest absolute Gasteiger partial charge is 0.336 e. The van der Waals surface area contributed by atoms with E-state index in [4.69, 9.17) is 10.3 Å². The number of pyridine rings is 1. The van der Waals surface area contributed by atoms with Crippen molar-refractivity contribution in [2.75, 3.05) is 6.54 Å². The maximum atomic E-state index is 12.3. The summed E-state index contributed by atoms with van der Waals surface area (Å²) in [4.78, 5) is 4.12. The molecule has 3 rings (SSSR count). The third kappa shape index (κ3) is 2.66. The lowest BCUT2D eigenvalue weighted by Crippen LogP contribution is -2.54. The lowest BCUT2D eigenvalue weighted by molar-refractivity contribution is 0.251. The third-order valence-corrected chi connectivity index (χ3v) is 5.36. The Morgan fingerprint density at radius 3 is 2.86 bits per heavy atom. The summed E-state index contributed by atoms with van der Waals surface area (Å²) in [6, 6.07) is 1.55. The molecule has 0 aromatic carbocycles. The van der Waals surface area contributed by atoms with Crippen LogP contribution in [0.1, 0.15) is 31.9 Å². The molecule has 0 amide bonds. The first-order valence-corrected chi connectivity index (χ1v) is 8.45. The first kappa shape index (κ1) is 14.4. The Bertz CT molecular complexity index is 765. The highest BCUT2D eigenvalue weighted by atomic mass is 32.2. The topological polar surface area (TPSA) is 111 Å². The van der Waals surface area contributed by atoms with Crippen LogP contribution in [0.15, 0.2) is 21.7 Å². The first-order valence-electron chi connectivity index (χ1n) is 6.96. The summed E-state index contributed by atoms with van der Waals surface area (Å²) in [6.45, 7) is 2.17. The molecule has 0 unspecified atom stereocenters. The molecule has 3 N–H and O–H groups in total. The van der Waals surface area contributed by atoms with Crippen molar-refractivity contribution < 1.29 is 12.9 Å². The highest BCUT2D eigenvalue weighted by molar-refractivity contribution is 7.89. The maximum absolute atomic E-state index is 12.3. The molecule has 2 aromatic rings. The number of aromatic nitrogens is 2. The zero-order valence-electron chi connectivity index (χ0n) is 11.8. The van der Waals surface area contributed by atoms with Gasteiger partial charge in [-0.2, -0.15) is 0 Å². The summed E-state index contributed by atoms with van der Waals surface area (Å²) in [5.74, 6) is 0. The second-order valence-corrected chi connectivity index (χ2v) is 7.31. The number of nitrogens with zero attached hydrogens (tertiary/aromatic N) is 2. The van der Waals surface area contributed by atoms with Crippen LogP contribution in [0.3, 0.4) is 0 Å². The predicted octanol–water partition coefficient (Wildman–Crippen LogP) is 0.945. The normalized spacial score (nSPS) is 17.8. The number of rotatable bonds is 5. The standard InChI is InChI=1S/C13H18N4O3S/c1-2-11-10-6-9(7-15-12(10)20-17-11)21(18,19)16-8-13(14)4-3-5-13/h6-7,16H,2-5,8,14H2,1H3. The van der Waals surface area contributed by atoms with Crippen molar-refractivity contribution in [1.82, 2.24) is 14.9 Å². The number of aryl methyl sites for hydroxylation is 1. The molecule has 0 saturated heterocycles.